The van der Waals surface area contributed by atoms with Gasteiger partial charge in [0.05, 0.1) is 5.56 Å². The maximum atomic E-state index is 13.2. The Morgan fingerprint density at radius 2 is 1.97 bits per heavy atom. The van der Waals surface area contributed by atoms with Crippen molar-refractivity contribution in [3.05, 3.63) is 40.6 Å². The summed E-state index contributed by atoms with van der Waals surface area (Å²) in [5, 5.41) is 3.25. The molecule has 2 aromatic rings. The molecule has 2 atom stereocenters. The summed E-state index contributed by atoms with van der Waals surface area (Å²) in [4.78, 5) is 32.4. The number of hydrogen-bond acceptors (Lipinski definition) is 3. The fourth-order valence-corrected chi connectivity index (χ4v) is 5.42. The standard InChI is InChI=1S/C22H29N5O2/c1-25-10-9-23-20(25)18-7-8-19-16-11-15(13-27(19)21(18)28)12-26(14-16)22(29)24-17-5-3-2-4-6-17/h7-10,15-17H,2-6,11-14H2,1H3,(H,24,29)/t15-,16+/m0/s1. The third-order valence-electron chi connectivity index (χ3n) is 6.89. The molecule has 0 unspecified atom stereocenters. The second kappa shape index (κ2) is 7.35. The van der Waals surface area contributed by atoms with E-state index in [1.165, 1.54) is 19.3 Å². The monoisotopic (exact) mass is 395 g/mol. The molecule has 154 valence electrons. The summed E-state index contributed by atoms with van der Waals surface area (Å²) in [5.74, 6) is 1.25. The molecule has 1 saturated carbocycles. The van der Waals surface area contributed by atoms with Crippen LogP contribution in [0.5, 0.6) is 0 Å². The van der Waals surface area contributed by atoms with E-state index in [1.807, 2.05) is 33.3 Å². The van der Waals surface area contributed by atoms with Gasteiger partial charge in [-0.2, -0.15) is 0 Å². The van der Waals surface area contributed by atoms with Gasteiger partial charge in [0, 0.05) is 56.7 Å². The van der Waals surface area contributed by atoms with Crippen LogP contribution < -0.4 is 10.9 Å². The second-order valence-corrected chi connectivity index (χ2v) is 8.94. The Bertz CT molecular complexity index is 972. The molecule has 7 nitrogen and oxygen atoms in total. The summed E-state index contributed by atoms with van der Waals surface area (Å²) in [6.07, 6.45) is 10.5. The fraction of sp³-hybridized carbons (Fsp3) is 0.591. The molecule has 2 aromatic heterocycles. The van der Waals surface area contributed by atoms with Crippen LogP contribution in [0, 0.1) is 5.92 Å². The quantitative estimate of drug-likeness (QED) is 0.850. The smallest absolute Gasteiger partial charge is 0.317 e. The van der Waals surface area contributed by atoms with Crippen molar-refractivity contribution >= 4 is 6.03 Å². The van der Waals surface area contributed by atoms with Crippen molar-refractivity contribution in [1.82, 2.24) is 24.3 Å². The first-order valence-electron chi connectivity index (χ1n) is 10.9. The van der Waals surface area contributed by atoms with Gasteiger partial charge in [0.1, 0.15) is 5.82 Å². The van der Waals surface area contributed by atoms with E-state index in [0.717, 1.165) is 31.5 Å². The molecule has 7 heteroatoms. The van der Waals surface area contributed by atoms with Gasteiger partial charge in [-0.05, 0) is 37.3 Å². The van der Waals surface area contributed by atoms with Crippen LogP contribution in [0.3, 0.4) is 0 Å². The Hall–Kier alpha value is -2.57. The van der Waals surface area contributed by atoms with Crippen LogP contribution in [-0.2, 0) is 13.6 Å². The largest absolute Gasteiger partial charge is 0.335 e. The summed E-state index contributed by atoms with van der Waals surface area (Å²) in [6.45, 7) is 2.10. The van der Waals surface area contributed by atoms with Crippen LogP contribution in [0.15, 0.2) is 29.3 Å². The van der Waals surface area contributed by atoms with Gasteiger partial charge in [-0.3, -0.25) is 4.79 Å². The minimum atomic E-state index is 0.0339. The third-order valence-corrected chi connectivity index (χ3v) is 6.89. The van der Waals surface area contributed by atoms with Gasteiger partial charge < -0.3 is 19.4 Å². The molecule has 0 radical (unpaired) electrons. The van der Waals surface area contributed by atoms with Crippen molar-refractivity contribution in [3.63, 3.8) is 0 Å². The van der Waals surface area contributed by atoms with E-state index in [4.69, 9.17) is 0 Å². The Balaban J connectivity index is 1.37. The lowest BCUT2D eigenvalue weighted by Gasteiger charge is -2.43. The van der Waals surface area contributed by atoms with Crippen molar-refractivity contribution in [2.24, 2.45) is 13.0 Å². The topological polar surface area (TPSA) is 72.2 Å². The van der Waals surface area contributed by atoms with E-state index in [1.54, 1.807) is 6.20 Å². The fourth-order valence-electron chi connectivity index (χ4n) is 5.42. The van der Waals surface area contributed by atoms with Crippen LogP contribution in [0.2, 0.25) is 0 Å². The Morgan fingerprint density at radius 1 is 1.14 bits per heavy atom. The lowest BCUT2D eigenvalue weighted by molar-refractivity contribution is 0.127. The third kappa shape index (κ3) is 3.36. The van der Waals surface area contributed by atoms with E-state index in [2.05, 4.69) is 16.4 Å². The van der Waals surface area contributed by atoms with Gasteiger partial charge in [0.2, 0.25) is 0 Å². The van der Waals surface area contributed by atoms with Crippen molar-refractivity contribution in [1.29, 1.82) is 0 Å². The van der Waals surface area contributed by atoms with Crippen LogP contribution >= 0.6 is 0 Å². The molecular formula is C22H29N5O2. The highest BCUT2D eigenvalue weighted by Gasteiger charge is 2.37. The Labute approximate surface area is 170 Å². The molecule has 2 fully saturated rings. The normalized spacial score (nSPS) is 24.2. The van der Waals surface area contributed by atoms with E-state index in [9.17, 15) is 9.59 Å². The molecule has 0 spiro atoms. The maximum absolute atomic E-state index is 13.2. The highest BCUT2D eigenvalue weighted by Crippen LogP contribution is 2.35. The van der Waals surface area contributed by atoms with Crippen LogP contribution in [0.4, 0.5) is 4.79 Å². The number of hydrogen-bond donors (Lipinski definition) is 1. The van der Waals surface area contributed by atoms with E-state index < -0.39 is 0 Å². The lowest BCUT2D eigenvalue weighted by Crippen LogP contribution is -2.53. The van der Waals surface area contributed by atoms with Crippen LogP contribution in [0.1, 0.15) is 50.1 Å². The van der Waals surface area contributed by atoms with Crippen LogP contribution in [0.25, 0.3) is 11.4 Å². The number of likely N-dealkylation sites (tertiary alicyclic amines) is 1. The lowest BCUT2D eigenvalue weighted by atomic mass is 9.83. The summed E-state index contributed by atoms with van der Waals surface area (Å²) >= 11 is 0. The van der Waals surface area contributed by atoms with E-state index >= 15 is 0 Å². The molecule has 1 saturated heterocycles. The number of nitrogens with zero attached hydrogens (tertiary/aromatic N) is 4. The summed E-state index contributed by atoms with van der Waals surface area (Å²) in [5.41, 5.74) is 1.74. The number of fused-ring (bicyclic) bond motifs is 4. The molecule has 2 aliphatic heterocycles. The molecule has 1 N–H and O–H groups in total. The van der Waals surface area contributed by atoms with E-state index in [-0.39, 0.29) is 17.5 Å². The van der Waals surface area contributed by atoms with Gasteiger partial charge in [-0.15, -0.1) is 0 Å². The molecule has 4 heterocycles. The van der Waals surface area contributed by atoms with Gasteiger partial charge in [0.25, 0.3) is 5.56 Å². The average molecular weight is 396 g/mol. The minimum Gasteiger partial charge on any atom is -0.335 e. The number of aryl methyl sites for hydroxylation is 1. The molecule has 0 aromatic carbocycles. The van der Waals surface area contributed by atoms with Crippen molar-refractivity contribution < 1.29 is 4.79 Å². The first kappa shape index (κ1) is 18.5. The number of rotatable bonds is 2. The number of amides is 2. The first-order chi connectivity index (χ1) is 14.1. The number of aromatic nitrogens is 3. The SMILES string of the molecule is Cn1ccnc1-c1ccc2n(c1=O)C[C@H]1C[C@@H]2CN(C(=O)NC2CCCCC2)C1. The number of carbonyl (C=O) groups is 1. The number of carbonyl (C=O) groups excluding carboxylic acids is 1. The van der Waals surface area contributed by atoms with Gasteiger partial charge >= 0.3 is 6.03 Å². The highest BCUT2D eigenvalue weighted by molar-refractivity contribution is 5.74. The number of pyridine rings is 1. The van der Waals surface area contributed by atoms with E-state index in [0.29, 0.717) is 36.4 Å². The zero-order chi connectivity index (χ0) is 20.0. The minimum absolute atomic E-state index is 0.0339. The van der Waals surface area contributed by atoms with Crippen molar-refractivity contribution in [2.75, 3.05) is 13.1 Å². The van der Waals surface area contributed by atoms with Crippen molar-refractivity contribution in [3.8, 4) is 11.4 Å². The number of urea groups is 1. The van der Waals surface area contributed by atoms with Gasteiger partial charge in [0.15, 0.2) is 0 Å². The average Bonchev–Trinajstić information content (AvgIpc) is 3.15. The number of nitrogens with one attached hydrogen (secondary N) is 1. The van der Waals surface area contributed by atoms with Crippen LogP contribution in [-0.4, -0.2) is 44.2 Å². The second-order valence-electron chi connectivity index (χ2n) is 8.94. The molecule has 29 heavy (non-hydrogen) atoms. The molecular weight excluding hydrogens is 366 g/mol. The highest BCUT2D eigenvalue weighted by atomic mass is 16.2. The zero-order valence-corrected chi connectivity index (χ0v) is 17.0. The first-order valence-corrected chi connectivity index (χ1v) is 10.9. The zero-order valence-electron chi connectivity index (χ0n) is 17.0. The van der Waals surface area contributed by atoms with Gasteiger partial charge in [-0.25, -0.2) is 9.78 Å². The molecule has 5 rings (SSSR count). The molecule has 1 aliphatic carbocycles. The van der Waals surface area contributed by atoms with Gasteiger partial charge in [-0.1, -0.05) is 19.3 Å². The molecule has 3 aliphatic rings. The Kier molecular flexibility index (Phi) is 4.68. The summed E-state index contributed by atoms with van der Waals surface area (Å²) < 4.78 is 3.81. The molecule has 2 bridgehead atoms. The number of imidazole rings is 1. The summed E-state index contributed by atoms with van der Waals surface area (Å²) in [6, 6.07) is 4.37. The number of piperidine rings is 1. The Morgan fingerprint density at radius 3 is 2.72 bits per heavy atom. The molecule has 2 amide bonds. The summed E-state index contributed by atoms with van der Waals surface area (Å²) in [7, 11) is 1.91. The van der Waals surface area contributed by atoms with Crippen molar-refractivity contribution in [2.45, 2.75) is 57.0 Å². The predicted octanol–water partition coefficient (Wildman–Crippen LogP) is 2.71. The maximum Gasteiger partial charge on any atom is 0.317 e. The predicted molar refractivity (Wildman–Crippen MR) is 111 cm³/mol.